The molecule has 0 saturated carbocycles. The van der Waals surface area contributed by atoms with Crippen LogP contribution in [0, 0.1) is 11.3 Å². The number of imide groups is 1. The Hall–Kier alpha value is -4.57. The Kier molecular flexibility index (Phi) is 9.16. The molecular formula is C32H35N3O4. The van der Waals surface area contributed by atoms with Gasteiger partial charge in [-0.1, -0.05) is 84.0 Å². The van der Waals surface area contributed by atoms with Crippen LogP contribution in [0.15, 0.2) is 90.3 Å². The molecule has 3 rings (SSSR count). The van der Waals surface area contributed by atoms with Gasteiger partial charge in [0, 0.05) is 5.56 Å². The number of carbonyl (C=O) groups is 2. The zero-order valence-corrected chi connectivity index (χ0v) is 23.3. The molecule has 0 spiro atoms. The number of nitrogens with one attached hydrogen (secondary N) is 2. The number of hydrogen-bond donors (Lipinski definition) is 2. The van der Waals surface area contributed by atoms with Gasteiger partial charge in [0.2, 0.25) is 5.76 Å². The monoisotopic (exact) mass is 525 g/mol. The number of nitriles is 1. The van der Waals surface area contributed by atoms with E-state index < -0.39 is 11.9 Å². The summed E-state index contributed by atoms with van der Waals surface area (Å²) < 4.78 is 11.7. The zero-order valence-electron chi connectivity index (χ0n) is 23.3. The summed E-state index contributed by atoms with van der Waals surface area (Å²) in [5.41, 5.74) is 2.58. The van der Waals surface area contributed by atoms with Crippen LogP contribution in [-0.2, 0) is 10.8 Å². The van der Waals surface area contributed by atoms with Gasteiger partial charge in [0.15, 0.2) is 0 Å². The summed E-state index contributed by atoms with van der Waals surface area (Å²) in [4.78, 5) is 25.2. The molecule has 0 fully saturated rings. The van der Waals surface area contributed by atoms with Crippen LogP contribution < -0.4 is 20.1 Å². The van der Waals surface area contributed by atoms with Crippen LogP contribution in [0.2, 0.25) is 0 Å². The molecule has 0 radical (unpaired) electrons. The highest BCUT2D eigenvalue weighted by atomic mass is 16.5. The quantitative estimate of drug-likeness (QED) is 0.267. The Morgan fingerprint density at radius 3 is 1.74 bits per heavy atom. The average molecular weight is 526 g/mol. The van der Waals surface area contributed by atoms with Crippen LogP contribution in [-0.4, -0.2) is 18.5 Å². The molecule has 0 aliphatic carbocycles. The first-order valence-corrected chi connectivity index (χ1v) is 12.7. The molecule has 0 bridgehead atoms. The molecule has 0 atom stereocenters. The van der Waals surface area contributed by atoms with Crippen molar-refractivity contribution in [3.05, 3.63) is 107 Å². The van der Waals surface area contributed by atoms with Gasteiger partial charge in [0.05, 0.1) is 0 Å². The SMILES string of the molecule is CC(C)(C)c1ccc(OC/C(NC(=O)NC(=O)c2ccccc2)=C(/C#N)Oc2ccc(C(C)(C)C)cc2)cc1. The van der Waals surface area contributed by atoms with E-state index in [0.717, 1.165) is 11.1 Å². The van der Waals surface area contributed by atoms with Crippen LogP contribution >= 0.6 is 0 Å². The van der Waals surface area contributed by atoms with Crippen molar-refractivity contribution in [3.8, 4) is 17.6 Å². The number of rotatable bonds is 7. The summed E-state index contributed by atoms with van der Waals surface area (Å²) in [6.45, 7) is 12.5. The highest BCUT2D eigenvalue weighted by Gasteiger charge is 2.19. The van der Waals surface area contributed by atoms with Gasteiger partial charge >= 0.3 is 6.03 Å². The van der Waals surface area contributed by atoms with E-state index in [9.17, 15) is 14.9 Å². The van der Waals surface area contributed by atoms with Gasteiger partial charge in [-0.3, -0.25) is 10.1 Å². The van der Waals surface area contributed by atoms with Crippen molar-refractivity contribution in [1.82, 2.24) is 10.6 Å². The van der Waals surface area contributed by atoms with E-state index in [2.05, 4.69) is 52.2 Å². The van der Waals surface area contributed by atoms with Crippen molar-refractivity contribution in [2.24, 2.45) is 0 Å². The third-order valence-electron chi connectivity index (χ3n) is 5.95. The first-order chi connectivity index (χ1) is 18.4. The van der Waals surface area contributed by atoms with Crippen LogP contribution in [0.25, 0.3) is 0 Å². The highest BCUT2D eigenvalue weighted by Crippen LogP contribution is 2.26. The molecule has 7 nitrogen and oxygen atoms in total. The zero-order chi connectivity index (χ0) is 28.6. The summed E-state index contributed by atoms with van der Waals surface area (Å²) >= 11 is 0. The second kappa shape index (κ2) is 12.3. The van der Waals surface area contributed by atoms with Crippen LogP contribution in [0.4, 0.5) is 4.79 Å². The number of carbonyl (C=O) groups excluding carboxylic acids is 2. The number of nitrogens with zero attached hydrogens (tertiary/aromatic N) is 1. The van der Waals surface area contributed by atoms with Gasteiger partial charge < -0.3 is 14.8 Å². The van der Waals surface area contributed by atoms with Crippen molar-refractivity contribution in [2.75, 3.05) is 6.61 Å². The van der Waals surface area contributed by atoms with Crippen LogP contribution in [0.1, 0.15) is 63.0 Å². The van der Waals surface area contributed by atoms with E-state index in [1.54, 1.807) is 42.5 Å². The lowest BCUT2D eigenvalue weighted by atomic mass is 9.87. The molecule has 2 N–H and O–H groups in total. The topological polar surface area (TPSA) is 100 Å². The Morgan fingerprint density at radius 1 is 0.744 bits per heavy atom. The minimum Gasteiger partial charge on any atom is -0.487 e. The van der Waals surface area contributed by atoms with Gasteiger partial charge in [0.1, 0.15) is 29.9 Å². The third kappa shape index (κ3) is 8.47. The normalized spacial score (nSPS) is 12.0. The van der Waals surface area contributed by atoms with E-state index in [-0.39, 0.29) is 28.9 Å². The Balaban J connectivity index is 1.83. The molecule has 39 heavy (non-hydrogen) atoms. The van der Waals surface area contributed by atoms with Crippen molar-refractivity contribution < 1.29 is 19.1 Å². The molecule has 3 aromatic carbocycles. The Labute approximate surface area is 230 Å². The maximum atomic E-state index is 12.7. The standard InChI is InChI=1S/C32H35N3O4/c1-31(2,3)23-12-16-25(17-13-23)38-21-27(34-30(37)35-29(36)22-10-8-7-9-11-22)28(20-33)39-26-18-14-24(15-19-26)32(4,5)6/h7-19H,21H2,1-6H3,(H2,34,35,36,37)/b28-27+. The summed E-state index contributed by atoms with van der Waals surface area (Å²) in [7, 11) is 0. The van der Waals surface area contributed by atoms with Crippen LogP contribution in [0.3, 0.4) is 0 Å². The van der Waals surface area contributed by atoms with Crippen molar-refractivity contribution in [1.29, 1.82) is 5.26 Å². The van der Waals surface area contributed by atoms with Gasteiger partial charge in [-0.05, 0) is 58.4 Å². The lowest BCUT2D eigenvalue weighted by Gasteiger charge is -2.20. The molecule has 0 aliphatic rings. The summed E-state index contributed by atoms with van der Waals surface area (Å²) in [5, 5.41) is 14.7. The summed E-state index contributed by atoms with van der Waals surface area (Å²) in [6, 6.07) is 24.5. The van der Waals surface area contributed by atoms with E-state index in [1.807, 2.05) is 42.5 Å². The fourth-order valence-electron chi connectivity index (χ4n) is 3.59. The van der Waals surface area contributed by atoms with E-state index in [4.69, 9.17) is 9.47 Å². The fraction of sp³-hybridized carbons (Fsp3) is 0.281. The second-order valence-electron chi connectivity index (χ2n) is 11.1. The summed E-state index contributed by atoms with van der Waals surface area (Å²) in [6.07, 6.45) is 0. The fourth-order valence-corrected chi connectivity index (χ4v) is 3.59. The minimum absolute atomic E-state index is 0.0150. The predicted molar refractivity (Wildman–Crippen MR) is 151 cm³/mol. The number of ether oxygens (including phenoxy) is 2. The molecule has 202 valence electrons. The van der Waals surface area contributed by atoms with E-state index in [0.29, 0.717) is 17.1 Å². The maximum Gasteiger partial charge on any atom is 0.326 e. The van der Waals surface area contributed by atoms with Gasteiger partial charge in [-0.2, -0.15) is 5.26 Å². The predicted octanol–water partition coefficient (Wildman–Crippen LogP) is 6.61. The molecule has 0 aliphatic heterocycles. The molecule has 0 saturated heterocycles. The molecule has 0 unspecified atom stereocenters. The van der Waals surface area contributed by atoms with Crippen molar-refractivity contribution in [3.63, 3.8) is 0 Å². The van der Waals surface area contributed by atoms with Crippen molar-refractivity contribution in [2.45, 2.75) is 52.4 Å². The lowest BCUT2D eigenvalue weighted by molar-refractivity contribution is 0.0964. The highest BCUT2D eigenvalue weighted by molar-refractivity contribution is 6.04. The second-order valence-corrected chi connectivity index (χ2v) is 11.1. The molecule has 3 amide bonds. The van der Waals surface area contributed by atoms with E-state index >= 15 is 0 Å². The minimum atomic E-state index is -0.815. The molecule has 0 heterocycles. The number of allylic oxidation sites excluding steroid dienone is 1. The largest absolute Gasteiger partial charge is 0.487 e. The number of urea groups is 1. The first kappa shape index (κ1) is 29.0. The third-order valence-corrected chi connectivity index (χ3v) is 5.95. The first-order valence-electron chi connectivity index (χ1n) is 12.7. The van der Waals surface area contributed by atoms with Crippen molar-refractivity contribution >= 4 is 11.9 Å². The molecule has 0 aromatic heterocycles. The summed E-state index contributed by atoms with van der Waals surface area (Å²) in [5.74, 6) is 0.236. The van der Waals surface area contributed by atoms with Gasteiger partial charge in [0.25, 0.3) is 5.91 Å². The maximum absolute atomic E-state index is 12.7. The lowest BCUT2D eigenvalue weighted by Crippen LogP contribution is -2.40. The smallest absolute Gasteiger partial charge is 0.326 e. The van der Waals surface area contributed by atoms with Crippen LogP contribution in [0.5, 0.6) is 11.5 Å². The molecule has 3 aromatic rings. The average Bonchev–Trinajstić information content (AvgIpc) is 2.89. The number of hydrogen-bond acceptors (Lipinski definition) is 5. The Morgan fingerprint density at radius 2 is 1.26 bits per heavy atom. The molecule has 7 heteroatoms. The number of amides is 3. The molecular weight excluding hydrogens is 490 g/mol. The van der Waals surface area contributed by atoms with Gasteiger partial charge in [-0.15, -0.1) is 0 Å². The van der Waals surface area contributed by atoms with Gasteiger partial charge in [-0.25, -0.2) is 4.79 Å². The Bertz CT molecular complexity index is 1360. The van der Waals surface area contributed by atoms with E-state index in [1.165, 1.54) is 0 Å². The number of benzene rings is 3.